The van der Waals surface area contributed by atoms with Gasteiger partial charge < -0.3 is 14.5 Å². The van der Waals surface area contributed by atoms with Crippen molar-refractivity contribution in [2.75, 3.05) is 18.4 Å². The van der Waals surface area contributed by atoms with Crippen molar-refractivity contribution >= 4 is 21.6 Å². The van der Waals surface area contributed by atoms with Gasteiger partial charge in [-0.05, 0) is 50.2 Å². The summed E-state index contributed by atoms with van der Waals surface area (Å²) >= 11 is 0. The Bertz CT molecular complexity index is 1160. The number of carbonyl (C=O) groups excluding carboxylic acids is 1. The molecule has 3 aromatic rings. The Hall–Kier alpha value is -3.10. The second-order valence-corrected chi connectivity index (χ2v) is 8.99. The summed E-state index contributed by atoms with van der Waals surface area (Å²) in [6, 6.07) is 13.5. The summed E-state index contributed by atoms with van der Waals surface area (Å²) in [5.74, 6) is 0.543. The fraction of sp³-hybridized carbons (Fsp3) is 0.261. The van der Waals surface area contributed by atoms with Crippen LogP contribution in [-0.2, 0) is 10.0 Å². The van der Waals surface area contributed by atoms with Crippen LogP contribution in [0, 0.1) is 13.8 Å². The maximum atomic E-state index is 13.0. The van der Waals surface area contributed by atoms with Crippen LogP contribution in [0.3, 0.4) is 0 Å². The van der Waals surface area contributed by atoms with Gasteiger partial charge in [-0.3, -0.25) is 4.79 Å². The van der Waals surface area contributed by atoms with Gasteiger partial charge in [0.15, 0.2) is 11.5 Å². The SMILES string of the molecule is CCN(CC)S(=O)(=O)c1ccc(Oc2ccc(C)cc2)c(NC(=O)c2occc2C)c1. The Morgan fingerprint density at radius 3 is 2.29 bits per heavy atom. The van der Waals surface area contributed by atoms with Crippen LogP contribution in [0.25, 0.3) is 0 Å². The molecule has 0 aliphatic rings. The van der Waals surface area contributed by atoms with Crippen LogP contribution in [0.2, 0.25) is 0 Å². The molecule has 1 amide bonds. The summed E-state index contributed by atoms with van der Waals surface area (Å²) in [6.45, 7) is 7.95. The number of amides is 1. The number of rotatable bonds is 8. The highest BCUT2D eigenvalue weighted by Gasteiger charge is 2.24. The Balaban J connectivity index is 2.02. The number of carbonyl (C=O) groups is 1. The molecule has 1 N–H and O–H groups in total. The van der Waals surface area contributed by atoms with E-state index in [2.05, 4.69) is 5.32 Å². The first-order chi connectivity index (χ1) is 14.8. The Labute approximate surface area is 182 Å². The van der Waals surface area contributed by atoms with E-state index in [1.807, 2.05) is 19.1 Å². The van der Waals surface area contributed by atoms with Gasteiger partial charge in [0, 0.05) is 18.7 Å². The molecule has 0 atom stereocenters. The monoisotopic (exact) mass is 442 g/mol. The number of nitrogens with zero attached hydrogens (tertiary/aromatic N) is 1. The van der Waals surface area contributed by atoms with E-state index in [9.17, 15) is 13.2 Å². The zero-order valence-corrected chi connectivity index (χ0v) is 18.8. The van der Waals surface area contributed by atoms with Crippen molar-refractivity contribution in [3.05, 3.63) is 71.7 Å². The van der Waals surface area contributed by atoms with Gasteiger partial charge in [0.2, 0.25) is 10.0 Å². The molecule has 8 heteroatoms. The number of furan rings is 1. The fourth-order valence-electron chi connectivity index (χ4n) is 3.09. The summed E-state index contributed by atoms with van der Waals surface area (Å²) < 4.78 is 38.5. The van der Waals surface area contributed by atoms with Crippen LogP contribution in [0.1, 0.15) is 35.5 Å². The maximum Gasteiger partial charge on any atom is 0.291 e. The predicted molar refractivity (Wildman–Crippen MR) is 119 cm³/mol. The summed E-state index contributed by atoms with van der Waals surface area (Å²) in [6.07, 6.45) is 1.43. The summed E-state index contributed by atoms with van der Waals surface area (Å²) in [7, 11) is -3.71. The highest BCUT2D eigenvalue weighted by molar-refractivity contribution is 7.89. The van der Waals surface area contributed by atoms with Gasteiger partial charge in [-0.1, -0.05) is 31.5 Å². The molecular formula is C23H26N2O5S. The van der Waals surface area contributed by atoms with Crippen molar-refractivity contribution in [2.24, 2.45) is 0 Å². The van der Waals surface area contributed by atoms with Crippen molar-refractivity contribution < 1.29 is 22.4 Å². The molecule has 1 aromatic heterocycles. The van der Waals surface area contributed by atoms with E-state index in [0.29, 0.717) is 30.2 Å². The lowest BCUT2D eigenvalue weighted by Crippen LogP contribution is -2.30. The summed E-state index contributed by atoms with van der Waals surface area (Å²) in [5.41, 5.74) is 1.98. The average molecular weight is 443 g/mol. The lowest BCUT2D eigenvalue weighted by Gasteiger charge is -2.20. The lowest BCUT2D eigenvalue weighted by molar-refractivity contribution is 0.0995. The van der Waals surface area contributed by atoms with E-state index in [-0.39, 0.29) is 16.3 Å². The third-order valence-electron chi connectivity index (χ3n) is 4.86. The molecule has 0 aliphatic heterocycles. The molecule has 0 saturated heterocycles. The van der Waals surface area contributed by atoms with E-state index in [4.69, 9.17) is 9.15 Å². The Kier molecular flexibility index (Phi) is 6.82. The molecule has 164 valence electrons. The molecule has 31 heavy (non-hydrogen) atoms. The quantitative estimate of drug-likeness (QED) is 0.532. The maximum absolute atomic E-state index is 13.0. The van der Waals surface area contributed by atoms with Crippen molar-refractivity contribution in [3.8, 4) is 11.5 Å². The highest BCUT2D eigenvalue weighted by atomic mass is 32.2. The van der Waals surface area contributed by atoms with Gasteiger partial charge in [0.25, 0.3) is 5.91 Å². The lowest BCUT2D eigenvalue weighted by atomic mass is 10.2. The standard InChI is InChI=1S/C23H26N2O5S/c1-5-25(6-2)31(27,28)19-11-12-21(30-18-9-7-16(3)8-10-18)20(15-19)24-23(26)22-17(4)13-14-29-22/h7-15H,5-6H2,1-4H3,(H,24,26). The van der Waals surface area contributed by atoms with Crippen LogP contribution in [0.5, 0.6) is 11.5 Å². The number of hydrogen-bond acceptors (Lipinski definition) is 5. The van der Waals surface area contributed by atoms with E-state index in [0.717, 1.165) is 5.56 Å². The minimum atomic E-state index is -3.71. The van der Waals surface area contributed by atoms with Gasteiger partial charge in [0.1, 0.15) is 5.75 Å². The first-order valence-electron chi connectivity index (χ1n) is 10.0. The molecule has 3 rings (SSSR count). The Morgan fingerprint density at radius 1 is 1.03 bits per heavy atom. The molecule has 0 radical (unpaired) electrons. The van der Waals surface area contributed by atoms with E-state index in [1.165, 1.54) is 22.7 Å². The summed E-state index contributed by atoms with van der Waals surface area (Å²) in [5, 5.41) is 2.73. The number of aryl methyl sites for hydroxylation is 2. The van der Waals surface area contributed by atoms with Crippen molar-refractivity contribution in [3.63, 3.8) is 0 Å². The second kappa shape index (κ2) is 9.36. The molecule has 0 bridgehead atoms. The number of nitrogens with one attached hydrogen (secondary N) is 1. The number of benzene rings is 2. The molecular weight excluding hydrogens is 416 g/mol. The van der Waals surface area contributed by atoms with Crippen LogP contribution >= 0.6 is 0 Å². The molecule has 0 fully saturated rings. The molecule has 0 spiro atoms. The largest absolute Gasteiger partial charge is 0.459 e. The van der Waals surface area contributed by atoms with Crippen LogP contribution in [0.15, 0.2) is 64.1 Å². The first kappa shape index (κ1) is 22.6. The third kappa shape index (κ3) is 4.98. The molecule has 7 nitrogen and oxygen atoms in total. The fourth-order valence-corrected chi connectivity index (χ4v) is 4.57. The van der Waals surface area contributed by atoms with Crippen LogP contribution in [0.4, 0.5) is 5.69 Å². The Morgan fingerprint density at radius 2 is 1.71 bits per heavy atom. The minimum absolute atomic E-state index is 0.0684. The minimum Gasteiger partial charge on any atom is -0.459 e. The topological polar surface area (TPSA) is 88.9 Å². The second-order valence-electron chi connectivity index (χ2n) is 7.05. The number of sulfonamides is 1. The van der Waals surface area contributed by atoms with Crippen molar-refractivity contribution in [1.29, 1.82) is 0 Å². The molecule has 0 saturated carbocycles. The molecule has 2 aromatic carbocycles. The van der Waals surface area contributed by atoms with Crippen LogP contribution in [-0.4, -0.2) is 31.7 Å². The van der Waals surface area contributed by atoms with Gasteiger partial charge in [-0.25, -0.2) is 8.42 Å². The zero-order valence-electron chi connectivity index (χ0n) is 18.0. The molecule has 0 aliphatic carbocycles. The summed E-state index contributed by atoms with van der Waals surface area (Å²) in [4.78, 5) is 12.8. The van der Waals surface area contributed by atoms with E-state index >= 15 is 0 Å². The molecule has 0 unspecified atom stereocenters. The van der Waals surface area contributed by atoms with Gasteiger partial charge in [0.05, 0.1) is 16.8 Å². The number of ether oxygens (including phenoxy) is 1. The predicted octanol–water partition coefficient (Wildman–Crippen LogP) is 4.97. The van der Waals surface area contributed by atoms with E-state index in [1.54, 1.807) is 45.0 Å². The third-order valence-corrected chi connectivity index (χ3v) is 6.91. The van der Waals surface area contributed by atoms with Gasteiger partial charge in [-0.15, -0.1) is 0 Å². The van der Waals surface area contributed by atoms with Gasteiger partial charge >= 0.3 is 0 Å². The number of hydrogen-bond donors (Lipinski definition) is 1. The first-order valence-corrected chi connectivity index (χ1v) is 11.4. The smallest absolute Gasteiger partial charge is 0.291 e. The number of anilines is 1. The van der Waals surface area contributed by atoms with E-state index < -0.39 is 15.9 Å². The highest BCUT2D eigenvalue weighted by Crippen LogP contribution is 2.33. The molecule has 1 heterocycles. The average Bonchev–Trinajstić information content (AvgIpc) is 3.17. The van der Waals surface area contributed by atoms with Gasteiger partial charge in [-0.2, -0.15) is 4.31 Å². The normalized spacial score (nSPS) is 11.5. The van der Waals surface area contributed by atoms with Crippen molar-refractivity contribution in [1.82, 2.24) is 4.31 Å². The zero-order chi connectivity index (χ0) is 22.6. The van der Waals surface area contributed by atoms with Crippen molar-refractivity contribution in [2.45, 2.75) is 32.6 Å². The van der Waals surface area contributed by atoms with Crippen LogP contribution < -0.4 is 10.1 Å².